The van der Waals surface area contributed by atoms with Crippen molar-refractivity contribution in [2.24, 2.45) is 5.73 Å². The highest BCUT2D eigenvalue weighted by molar-refractivity contribution is 7.80. The standard InChI is InChI=1S/C24H33N3O5S/c1-24(2,3)32-20(28)15-31-18-10-13-26(14-11-18)23(30)19-5-4-12-27(19)22(29)17-8-6-16(7-9-17)21(25)33/h6-9,18-19H,4-5,10-15H2,1-3H3,(H2,25,33)/t19-/m0/s1. The molecule has 180 valence electrons. The second-order valence-corrected chi connectivity index (χ2v) is 9.96. The van der Waals surface area contributed by atoms with E-state index < -0.39 is 11.6 Å². The predicted molar refractivity (Wildman–Crippen MR) is 128 cm³/mol. The average Bonchev–Trinajstić information content (AvgIpc) is 3.26. The zero-order valence-corrected chi connectivity index (χ0v) is 20.4. The first-order valence-corrected chi connectivity index (χ1v) is 11.8. The van der Waals surface area contributed by atoms with Crippen LogP contribution >= 0.6 is 12.2 Å². The Kier molecular flexibility index (Phi) is 8.07. The van der Waals surface area contributed by atoms with Crippen molar-refractivity contribution in [2.75, 3.05) is 26.2 Å². The molecule has 1 aromatic carbocycles. The molecule has 2 heterocycles. The molecular weight excluding hydrogens is 442 g/mol. The average molecular weight is 476 g/mol. The molecule has 0 radical (unpaired) electrons. The smallest absolute Gasteiger partial charge is 0.332 e. The van der Waals surface area contributed by atoms with Gasteiger partial charge in [-0.2, -0.15) is 0 Å². The molecule has 0 bridgehead atoms. The lowest BCUT2D eigenvalue weighted by atomic mass is 10.1. The third-order valence-electron chi connectivity index (χ3n) is 5.83. The summed E-state index contributed by atoms with van der Waals surface area (Å²) in [6, 6.07) is 6.40. The number of thiocarbonyl (C=S) groups is 1. The number of carbonyl (C=O) groups excluding carboxylic acids is 3. The first kappa shape index (κ1) is 25.1. The summed E-state index contributed by atoms with van der Waals surface area (Å²) in [6.07, 6.45) is 2.66. The van der Waals surface area contributed by atoms with Crippen LogP contribution in [-0.2, 0) is 19.1 Å². The molecule has 2 saturated heterocycles. The van der Waals surface area contributed by atoms with Crippen LogP contribution in [0.3, 0.4) is 0 Å². The van der Waals surface area contributed by atoms with E-state index >= 15 is 0 Å². The molecule has 8 nitrogen and oxygen atoms in total. The summed E-state index contributed by atoms with van der Waals surface area (Å²) in [4.78, 5) is 41.9. The van der Waals surface area contributed by atoms with Crippen LogP contribution in [0, 0.1) is 0 Å². The Bertz CT molecular complexity index is 888. The summed E-state index contributed by atoms with van der Waals surface area (Å²) < 4.78 is 11.0. The summed E-state index contributed by atoms with van der Waals surface area (Å²) in [6.45, 7) is 7.00. The van der Waals surface area contributed by atoms with Gasteiger partial charge in [0.25, 0.3) is 5.91 Å². The number of carbonyl (C=O) groups is 3. The molecule has 2 N–H and O–H groups in total. The molecule has 2 aliphatic rings. The van der Waals surface area contributed by atoms with Crippen LogP contribution in [0.1, 0.15) is 62.4 Å². The summed E-state index contributed by atoms with van der Waals surface area (Å²) in [5.74, 6) is -0.565. The molecule has 1 atom stereocenters. The van der Waals surface area contributed by atoms with E-state index in [2.05, 4.69) is 0 Å². The van der Waals surface area contributed by atoms with E-state index in [1.807, 2.05) is 20.8 Å². The molecule has 1 aromatic rings. The largest absolute Gasteiger partial charge is 0.458 e. The van der Waals surface area contributed by atoms with Crippen molar-refractivity contribution in [3.05, 3.63) is 35.4 Å². The van der Waals surface area contributed by atoms with Crippen LogP contribution in [-0.4, -0.2) is 76.6 Å². The number of amides is 2. The van der Waals surface area contributed by atoms with Gasteiger partial charge in [0.1, 0.15) is 23.2 Å². The number of likely N-dealkylation sites (tertiary alicyclic amines) is 2. The van der Waals surface area contributed by atoms with Crippen LogP contribution < -0.4 is 5.73 Å². The molecule has 0 aromatic heterocycles. The maximum Gasteiger partial charge on any atom is 0.332 e. The first-order valence-electron chi connectivity index (χ1n) is 11.4. The van der Waals surface area contributed by atoms with Gasteiger partial charge in [0.15, 0.2) is 0 Å². The summed E-state index contributed by atoms with van der Waals surface area (Å²) in [5.41, 5.74) is 6.31. The van der Waals surface area contributed by atoms with Gasteiger partial charge < -0.3 is 25.0 Å². The highest BCUT2D eigenvalue weighted by Gasteiger charge is 2.38. The molecule has 2 aliphatic heterocycles. The van der Waals surface area contributed by atoms with Crippen LogP contribution in [0.2, 0.25) is 0 Å². The number of hydrogen-bond donors (Lipinski definition) is 1. The Hall–Kier alpha value is -2.52. The molecule has 3 rings (SSSR count). The first-order chi connectivity index (χ1) is 15.5. The zero-order valence-electron chi connectivity index (χ0n) is 19.5. The van der Waals surface area contributed by atoms with Crippen LogP contribution in [0.5, 0.6) is 0 Å². The van der Waals surface area contributed by atoms with Crippen molar-refractivity contribution in [1.29, 1.82) is 0 Å². The second-order valence-electron chi connectivity index (χ2n) is 9.52. The maximum atomic E-state index is 13.2. The van der Waals surface area contributed by atoms with Crippen LogP contribution in [0.25, 0.3) is 0 Å². The number of esters is 1. The SMILES string of the molecule is CC(C)(C)OC(=O)COC1CCN(C(=O)[C@@H]2CCCN2C(=O)c2ccc(C(N)=S)cc2)CC1. The van der Waals surface area contributed by atoms with Gasteiger partial charge in [-0.1, -0.05) is 24.4 Å². The number of nitrogens with two attached hydrogens (primary N) is 1. The number of benzene rings is 1. The van der Waals surface area contributed by atoms with E-state index in [1.165, 1.54) is 0 Å². The Morgan fingerprint density at radius 1 is 1.03 bits per heavy atom. The fourth-order valence-electron chi connectivity index (χ4n) is 4.22. The Morgan fingerprint density at radius 3 is 2.21 bits per heavy atom. The van der Waals surface area contributed by atoms with Gasteiger partial charge in [-0.05, 0) is 58.6 Å². The Morgan fingerprint density at radius 2 is 1.64 bits per heavy atom. The van der Waals surface area contributed by atoms with Gasteiger partial charge in [-0.15, -0.1) is 0 Å². The van der Waals surface area contributed by atoms with Gasteiger partial charge in [-0.25, -0.2) is 4.79 Å². The molecule has 0 spiro atoms. The van der Waals surface area contributed by atoms with Crippen molar-refractivity contribution < 1.29 is 23.9 Å². The number of rotatable bonds is 6. The highest BCUT2D eigenvalue weighted by atomic mass is 32.1. The minimum absolute atomic E-state index is 0.0220. The third kappa shape index (κ3) is 6.74. The zero-order chi connectivity index (χ0) is 24.2. The molecule has 0 unspecified atom stereocenters. The fourth-order valence-corrected chi connectivity index (χ4v) is 4.36. The summed E-state index contributed by atoms with van der Waals surface area (Å²) in [5, 5.41) is 0. The summed E-state index contributed by atoms with van der Waals surface area (Å²) in [7, 11) is 0. The summed E-state index contributed by atoms with van der Waals surface area (Å²) >= 11 is 4.96. The van der Waals surface area contributed by atoms with Crippen LogP contribution in [0.15, 0.2) is 24.3 Å². The normalized spacial score (nSPS) is 19.4. The molecule has 0 aliphatic carbocycles. The highest BCUT2D eigenvalue weighted by Crippen LogP contribution is 2.24. The Balaban J connectivity index is 1.52. The monoisotopic (exact) mass is 475 g/mol. The molecule has 2 amide bonds. The molecular formula is C24H33N3O5S. The van der Waals surface area contributed by atoms with E-state index in [9.17, 15) is 14.4 Å². The van der Waals surface area contributed by atoms with E-state index in [1.54, 1.807) is 34.1 Å². The van der Waals surface area contributed by atoms with E-state index in [4.69, 9.17) is 27.4 Å². The van der Waals surface area contributed by atoms with Gasteiger partial charge in [0.2, 0.25) is 5.91 Å². The van der Waals surface area contributed by atoms with E-state index in [-0.39, 0.29) is 35.5 Å². The number of ether oxygens (including phenoxy) is 2. The van der Waals surface area contributed by atoms with E-state index in [0.717, 1.165) is 6.42 Å². The molecule has 2 fully saturated rings. The van der Waals surface area contributed by atoms with Crippen molar-refractivity contribution in [3.8, 4) is 0 Å². The lowest BCUT2D eigenvalue weighted by Crippen LogP contribution is -2.50. The lowest BCUT2D eigenvalue weighted by molar-refractivity contribution is -0.163. The molecule has 33 heavy (non-hydrogen) atoms. The number of piperidine rings is 1. The van der Waals surface area contributed by atoms with Crippen molar-refractivity contribution >= 4 is 35.0 Å². The van der Waals surface area contributed by atoms with Gasteiger partial charge in [0, 0.05) is 30.8 Å². The number of nitrogens with zero attached hydrogens (tertiary/aromatic N) is 2. The van der Waals surface area contributed by atoms with Gasteiger partial charge in [0.05, 0.1) is 6.10 Å². The minimum Gasteiger partial charge on any atom is -0.458 e. The van der Waals surface area contributed by atoms with Crippen molar-refractivity contribution in [2.45, 2.75) is 64.2 Å². The van der Waals surface area contributed by atoms with Gasteiger partial charge in [-0.3, -0.25) is 9.59 Å². The predicted octanol–water partition coefficient (Wildman–Crippen LogP) is 2.27. The minimum atomic E-state index is -0.542. The quantitative estimate of drug-likeness (QED) is 0.497. The fraction of sp³-hybridized carbons (Fsp3) is 0.583. The Labute approximate surface area is 200 Å². The van der Waals surface area contributed by atoms with Crippen molar-refractivity contribution in [1.82, 2.24) is 9.80 Å². The van der Waals surface area contributed by atoms with Crippen LogP contribution in [0.4, 0.5) is 0 Å². The van der Waals surface area contributed by atoms with Gasteiger partial charge >= 0.3 is 5.97 Å². The molecule has 9 heteroatoms. The lowest BCUT2D eigenvalue weighted by Gasteiger charge is -2.35. The van der Waals surface area contributed by atoms with Crippen molar-refractivity contribution in [3.63, 3.8) is 0 Å². The topological polar surface area (TPSA) is 102 Å². The molecule has 0 saturated carbocycles. The third-order valence-corrected chi connectivity index (χ3v) is 6.06. The number of hydrogen-bond acceptors (Lipinski definition) is 6. The second kappa shape index (κ2) is 10.6. The van der Waals surface area contributed by atoms with E-state index in [0.29, 0.717) is 50.0 Å². The maximum absolute atomic E-state index is 13.2.